The Morgan fingerprint density at radius 1 is 1.29 bits per heavy atom. The monoisotopic (exact) mass is 267 g/mol. The Morgan fingerprint density at radius 3 is 2.71 bits per heavy atom. The maximum absolute atomic E-state index is 4.52. The lowest BCUT2D eigenvalue weighted by atomic mass is 10.1. The molecule has 0 saturated carbocycles. The van der Waals surface area contributed by atoms with Crippen LogP contribution >= 0.6 is 22.7 Å². The molecule has 1 N–H and O–H groups in total. The van der Waals surface area contributed by atoms with Crippen molar-refractivity contribution >= 4 is 22.7 Å². The van der Waals surface area contributed by atoms with Gasteiger partial charge in [0.1, 0.15) is 0 Å². The number of nitrogens with one attached hydrogen (secondary N) is 1. The zero-order chi connectivity index (χ0) is 12.1. The van der Waals surface area contributed by atoms with Crippen molar-refractivity contribution in [2.24, 2.45) is 0 Å². The van der Waals surface area contributed by atoms with E-state index in [1.54, 1.807) is 22.7 Å². The maximum atomic E-state index is 4.52. The van der Waals surface area contributed by atoms with Crippen LogP contribution in [0.2, 0.25) is 0 Å². The minimum atomic E-state index is 0.441. The number of thiazole rings is 2. The molecule has 0 fully saturated rings. The second-order valence-corrected chi connectivity index (χ2v) is 5.89. The summed E-state index contributed by atoms with van der Waals surface area (Å²) in [5.74, 6) is 0. The molecule has 0 aliphatic heterocycles. The lowest BCUT2D eigenvalue weighted by Gasteiger charge is -2.14. The first kappa shape index (κ1) is 12.7. The van der Waals surface area contributed by atoms with Crippen molar-refractivity contribution in [1.29, 1.82) is 0 Å². The first-order valence-electron chi connectivity index (χ1n) is 5.80. The SMILES string of the molecule is CCNC(Cc1nccs1)Cc1nc(C)cs1. The lowest BCUT2D eigenvalue weighted by molar-refractivity contribution is 0.519. The number of rotatable bonds is 6. The Morgan fingerprint density at radius 2 is 2.12 bits per heavy atom. The quantitative estimate of drug-likeness (QED) is 0.874. The van der Waals surface area contributed by atoms with Crippen molar-refractivity contribution in [2.45, 2.75) is 32.7 Å². The highest BCUT2D eigenvalue weighted by Gasteiger charge is 2.12. The molecule has 17 heavy (non-hydrogen) atoms. The number of hydrogen-bond acceptors (Lipinski definition) is 5. The molecule has 2 aromatic rings. The Balaban J connectivity index is 1.97. The fourth-order valence-electron chi connectivity index (χ4n) is 1.78. The van der Waals surface area contributed by atoms with Crippen molar-refractivity contribution in [2.75, 3.05) is 6.54 Å². The fraction of sp³-hybridized carbons (Fsp3) is 0.500. The van der Waals surface area contributed by atoms with Crippen molar-refractivity contribution in [3.63, 3.8) is 0 Å². The van der Waals surface area contributed by atoms with E-state index in [4.69, 9.17) is 0 Å². The minimum Gasteiger partial charge on any atom is -0.313 e. The Bertz CT molecular complexity index is 436. The summed E-state index contributed by atoms with van der Waals surface area (Å²) in [6.07, 6.45) is 3.85. The van der Waals surface area contributed by atoms with Gasteiger partial charge in [0.25, 0.3) is 0 Å². The average Bonchev–Trinajstić information content (AvgIpc) is 2.91. The zero-order valence-corrected chi connectivity index (χ0v) is 11.8. The maximum Gasteiger partial charge on any atom is 0.0943 e. The van der Waals surface area contributed by atoms with E-state index in [1.165, 1.54) is 10.0 Å². The van der Waals surface area contributed by atoms with Gasteiger partial charge in [-0.3, -0.25) is 0 Å². The summed E-state index contributed by atoms with van der Waals surface area (Å²) in [7, 11) is 0. The summed E-state index contributed by atoms with van der Waals surface area (Å²) in [4.78, 5) is 8.87. The molecule has 2 heterocycles. The third-order valence-electron chi connectivity index (χ3n) is 2.48. The Hall–Kier alpha value is -0.780. The van der Waals surface area contributed by atoms with Crippen LogP contribution in [0.4, 0.5) is 0 Å². The van der Waals surface area contributed by atoms with Crippen LogP contribution in [0.3, 0.4) is 0 Å². The van der Waals surface area contributed by atoms with E-state index in [1.807, 2.05) is 18.5 Å². The van der Waals surface area contributed by atoms with Crippen LogP contribution < -0.4 is 5.32 Å². The fourth-order valence-corrected chi connectivity index (χ4v) is 3.33. The standard InChI is InChI=1S/C12H17N3S2/c1-3-13-10(6-11-14-4-5-16-11)7-12-15-9(2)8-17-12/h4-5,8,10,13H,3,6-7H2,1-2H3. The van der Waals surface area contributed by atoms with E-state index >= 15 is 0 Å². The molecular weight excluding hydrogens is 250 g/mol. The predicted molar refractivity (Wildman–Crippen MR) is 73.8 cm³/mol. The highest BCUT2D eigenvalue weighted by Crippen LogP contribution is 2.14. The van der Waals surface area contributed by atoms with Crippen molar-refractivity contribution in [3.05, 3.63) is 32.7 Å². The molecule has 0 saturated heterocycles. The molecule has 2 aromatic heterocycles. The van der Waals surface area contributed by atoms with Gasteiger partial charge in [0.05, 0.1) is 10.0 Å². The van der Waals surface area contributed by atoms with E-state index in [-0.39, 0.29) is 0 Å². The van der Waals surface area contributed by atoms with E-state index in [9.17, 15) is 0 Å². The van der Waals surface area contributed by atoms with Gasteiger partial charge in [-0.05, 0) is 13.5 Å². The molecule has 0 spiro atoms. The topological polar surface area (TPSA) is 37.8 Å². The van der Waals surface area contributed by atoms with Crippen LogP contribution in [0.15, 0.2) is 17.0 Å². The second kappa shape index (κ2) is 6.23. The van der Waals surface area contributed by atoms with Crippen LogP contribution in [-0.2, 0) is 12.8 Å². The van der Waals surface area contributed by atoms with Gasteiger partial charge in [-0.15, -0.1) is 22.7 Å². The van der Waals surface area contributed by atoms with Gasteiger partial charge in [-0.1, -0.05) is 6.92 Å². The molecule has 1 atom stereocenters. The second-order valence-electron chi connectivity index (χ2n) is 3.97. The van der Waals surface area contributed by atoms with Crippen LogP contribution in [-0.4, -0.2) is 22.6 Å². The van der Waals surface area contributed by atoms with Gasteiger partial charge < -0.3 is 5.32 Å². The summed E-state index contributed by atoms with van der Waals surface area (Å²) in [6.45, 7) is 5.17. The molecule has 5 heteroatoms. The predicted octanol–water partition coefficient (Wildman–Crippen LogP) is 2.67. The Kier molecular flexibility index (Phi) is 4.65. The van der Waals surface area contributed by atoms with Crippen molar-refractivity contribution < 1.29 is 0 Å². The van der Waals surface area contributed by atoms with Crippen molar-refractivity contribution in [3.8, 4) is 0 Å². The van der Waals surface area contributed by atoms with Gasteiger partial charge in [-0.2, -0.15) is 0 Å². The molecule has 0 aliphatic rings. The molecule has 0 bridgehead atoms. The number of aromatic nitrogens is 2. The van der Waals surface area contributed by atoms with Crippen LogP contribution in [0.1, 0.15) is 22.6 Å². The first-order chi connectivity index (χ1) is 8.28. The van der Waals surface area contributed by atoms with Crippen LogP contribution in [0.5, 0.6) is 0 Å². The van der Waals surface area contributed by atoms with Gasteiger partial charge in [-0.25, -0.2) is 9.97 Å². The third-order valence-corrected chi connectivity index (χ3v) is 4.28. The van der Waals surface area contributed by atoms with Gasteiger partial charge >= 0.3 is 0 Å². The smallest absolute Gasteiger partial charge is 0.0943 e. The number of aryl methyl sites for hydroxylation is 1. The molecule has 0 amide bonds. The van der Waals surface area contributed by atoms with Crippen molar-refractivity contribution in [1.82, 2.24) is 15.3 Å². The number of likely N-dealkylation sites (N-methyl/N-ethyl adjacent to an activating group) is 1. The van der Waals surface area contributed by atoms with Gasteiger partial charge in [0.2, 0.25) is 0 Å². The third kappa shape index (κ3) is 3.87. The molecular formula is C12H17N3S2. The van der Waals surface area contributed by atoms with E-state index in [2.05, 4.69) is 27.6 Å². The molecule has 92 valence electrons. The number of nitrogens with zero attached hydrogens (tertiary/aromatic N) is 2. The molecule has 2 rings (SSSR count). The lowest BCUT2D eigenvalue weighted by Crippen LogP contribution is -2.33. The summed E-state index contributed by atoms with van der Waals surface area (Å²) in [5.41, 5.74) is 1.12. The van der Waals surface area contributed by atoms with E-state index < -0.39 is 0 Å². The summed E-state index contributed by atoms with van der Waals surface area (Å²) >= 11 is 3.47. The van der Waals surface area contributed by atoms with Crippen LogP contribution in [0.25, 0.3) is 0 Å². The van der Waals surface area contributed by atoms with Gasteiger partial charge in [0, 0.05) is 41.5 Å². The molecule has 1 unspecified atom stereocenters. The highest BCUT2D eigenvalue weighted by molar-refractivity contribution is 7.09. The zero-order valence-electron chi connectivity index (χ0n) is 10.1. The average molecular weight is 267 g/mol. The van der Waals surface area contributed by atoms with Crippen LogP contribution in [0, 0.1) is 6.92 Å². The largest absolute Gasteiger partial charge is 0.313 e. The first-order valence-corrected chi connectivity index (χ1v) is 7.56. The molecule has 0 radical (unpaired) electrons. The number of hydrogen-bond donors (Lipinski definition) is 1. The molecule has 0 aromatic carbocycles. The normalized spacial score (nSPS) is 12.8. The summed E-state index contributed by atoms with van der Waals surface area (Å²) < 4.78 is 0. The van der Waals surface area contributed by atoms with E-state index in [0.29, 0.717) is 6.04 Å². The molecule has 0 aliphatic carbocycles. The minimum absolute atomic E-state index is 0.441. The van der Waals surface area contributed by atoms with E-state index in [0.717, 1.165) is 25.1 Å². The molecule has 3 nitrogen and oxygen atoms in total. The summed E-state index contributed by atoms with van der Waals surface area (Å²) in [5, 5.41) is 10.1. The summed E-state index contributed by atoms with van der Waals surface area (Å²) in [6, 6.07) is 0.441. The Labute approximate surface area is 110 Å². The highest BCUT2D eigenvalue weighted by atomic mass is 32.1. The van der Waals surface area contributed by atoms with Gasteiger partial charge in [0.15, 0.2) is 0 Å².